The third-order valence-corrected chi connectivity index (χ3v) is 8.97. The van der Waals surface area contributed by atoms with Gasteiger partial charge in [-0.15, -0.1) is 0 Å². The normalized spacial score (nSPS) is 21.5. The highest BCUT2D eigenvalue weighted by atomic mass is 16.3. The Hall–Kier alpha value is -2.11. The maximum atomic E-state index is 13.9. The van der Waals surface area contributed by atoms with E-state index in [2.05, 4.69) is 5.10 Å². The maximum Gasteiger partial charge on any atom is 0.275 e. The van der Waals surface area contributed by atoms with Crippen molar-refractivity contribution in [1.82, 2.24) is 9.78 Å². The van der Waals surface area contributed by atoms with E-state index in [4.69, 9.17) is 0 Å². The van der Waals surface area contributed by atoms with Gasteiger partial charge in [-0.25, -0.2) is 4.68 Å². The minimum Gasteiger partial charge on any atom is -0.503 e. The minimum atomic E-state index is -0.866. The first-order chi connectivity index (χ1) is 16.1. The van der Waals surface area contributed by atoms with Crippen LogP contribution in [0.15, 0.2) is 14.4 Å². The van der Waals surface area contributed by atoms with Gasteiger partial charge in [0.05, 0.1) is 17.2 Å². The van der Waals surface area contributed by atoms with Crippen LogP contribution >= 0.6 is 0 Å². The first-order valence-corrected chi connectivity index (χ1v) is 13.4. The van der Waals surface area contributed by atoms with Crippen molar-refractivity contribution >= 4 is 0 Å². The molecule has 0 radical (unpaired) electrons. The molecule has 0 spiro atoms. The van der Waals surface area contributed by atoms with Crippen molar-refractivity contribution in [3.8, 4) is 16.9 Å². The number of aryl methyl sites for hydroxylation is 1. The second kappa shape index (κ2) is 9.63. The smallest absolute Gasteiger partial charge is 0.275 e. The fraction of sp³-hybridized carbons (Fsp3) is 0.741. The lowest BCUT2D eigenvalue weighted by atomic mass is 9.74. The predicted molar refractivity (Wildman–Crippen MR) is 130 cm³/mol. The molecule has 0 unspecified atom stereocenters. The molecular formula is C27H38N2O4. The summed E-state index contributed by atoms with van der Waals surface area (Å²) >= 11 is 0. The van der Waals surface area contributed by atoms with Gasteiger partial charge in [0, 0.05) is 5.69 Å². The summed E-state index contributed by atoms with van der Waals surface area (Å²) in [5, 5.41) is 13.7. The van der Waals surface area contributed by atoms with E-state index in [0.717, 1.165) is 37.8 Å². The van der Waals surface area contributed by atoms with Crippen molar-refractivity contribution in [2.75, 3.05) is 0 Å². The first kappa shape index (κ1) is 22.7. The Balaban J connectivity index is 1.56. The van der Waals surface area contributed by atoms with E-state index in [1.807, 2.05) is 4.68 Å². The van der Waals surface area contributed by atoms with Gasteiger partial charge in [-0.2, -0.15) is 0 Å². The summed E-state index contributed by atoms with van der Waals surface area (Å²) in [6.07, 6.45) is 18.6. The number of aromatic nitrogens is 2. The lowest BCUT2D eigenvalue weighted by molar-refractivity contribution is 0.135. The number of rotatable bonds is 7. The summed E-state index contributed by atoms with van der Waals surface area (Å²) in [5.74, 6) is 1.06. The van der Waals surface area contributed by atoms with Crippen LogP contribution in [0.5, 0.6) is 5.75 Å². The van der Waals surface area contributed by atoms with Gasteiger partial charge in [0.15, 0.2) is 5.75 Å². The molecule has 0 aliphatic heterocycles. The van der Waals surface area contributed by atoms with Crippen LogP contribution < -0.4 is 16.4 Å². The van der Waals surface area contributed by atoms with Gasteiger partial charge >= 0.3 is 0 Å². The highest BCUT2D eigenvalue weighted by Gasteiger charge is 2.37. The SMILES string of the molecule is O=c1c(O)c(-c2c(CCC3CCCC3)[nH]n(C(C3CCCCC3)C3CCCCC3)c2=O)c1=O. The second-order valence-electron chi connectivity index (χ2n) is 11.0. The van der Waals surface area contributed by atoms with Gasteiger partial charge in [0.2, 0.25) is 5.43 Å². The topological polar surface area (TPSA) is 92.2 Å². The molecular weight excluding hydrogens is 416 g/mol. The maximum absolute atomic E-state index is 13.9. The second-order valence-corrected chi connectivity index (χ2v) is 11.0. The molecule has 2 aromatic rings. The fourth-order valence-electron chi connectivity index (χ4n) is 7.17. The van der Waals surface area contributed by atoms with E-state index in [9.17, 15) is 19.5 Å². The quantitative estimate of drug-likeness (QED) is 0.578. The van der Waals surface area contributed by atoms with Crippen LogP contribution in [0, 0.1) is 17.8 Å². The summed E-state index contributed by atoms with van der Waals surface area (Å²) in [4.78, 5) is 38.1. The molecule has 3 aliphatic rings. The van der Waals surface area contributed by atoms with Gasteiger partial charge in [-0.3, -0.25) is 19.5 Å². The third-order valence-electron chi connectivity index (χ3n) is 8.97. The van der Waals surface area contributed by atoms with Crippen LogP contribution in [-0.4, -0.2) is 14.9 Å². The molecule has 0 bridgehead atoms. The van der Waals surface area contributed by atoms with E-state index < -0.39 is 16.6 Å². The monoisotopic (exact) mass is 454 g/mol. The van der Waals surface area contributed by atoms with E-state index in [1.54, 1.807) is 0 Å². The van der Waals surface area contributed by atoms with Gasteiger partial charge in [-0.1, -0.05) is 64.2 Å². The highest BCUT2D eigenvalue weighted by Crippen LogP contribution is 2.43. The molecule has 5 rings (SSSR count). The molecule has 0 saturated heterocycles. The van der Waals surface area contributed by atoms with Crippen molar-refractivity contribution < 1.29 is 5.11 Å². The summed E-state index contributed by atoms with van der Waals surface area (Å²) < 4.78 is 1.83. The number of hydrogen-bond donors (Lipinski definition) is 2. The van der Waals surface area contributed by atoms with Crippen molar-refractivity contribution in [1.29, 1.82) is 0 Å². The summed E-state index contributed by atoms with van der Waals surface area (Å²) in [7, 11) is 0. The molecule has 0 amide bonds. The fourth-order valence-corrected chi connectivity index (χ4v) is 7.17. The largest absolute Gasteiger partial charge is 0.503 e. The minimum absolute atomic E-state index is 0.0486. The lowest BCUT2D eigenvalue weighted by Gasteiger charge is -2.38. The third kappa shape index (κ3) is 4.26. The number of aromatic amines is 1. The molecule has 3 fully saturated rings. The molecule has 6 nitrogen and oxygen atoms in total. The Labute approximate surface area is 195 Å². The number of nitrogens with one attached hydrogen (secondary N) is 1. The van der Waals surface area contributed by atoms with Crippen LogP contribution in [0.4, 0.5) is 0 Å². The Morgan fingerprint density at radius 3 is 1.85 bits per heavy atom. The molecule has 33 heavy (non-hydrogen) atoms. The zero-order valence-corrected chi connectivity index (χ0v) is 19.7. The van der Waals surface area contributed by atoms with Gasteiger partial charge < -0.3 is 5.11 Å². The Morgan fingerprint density at radius 2 is 1.30 bits per heavy atom. The predicted octanol–water partition coefficient (Wildman–Crippen LogP) is 4.97. The molecule has 3 aliphatic carbocycles. The molecule has 3 saturated carbocycles. The molecule has 1 heterocycles. The Bertz CT molecular complexity index is 1070. The van der Waals surface area contributed by atoms with Gasteiger partial charge in [0.1, 0.15) is 0 Å². The van der Waals surface area contributed by atoms with Crippen molar-refractivity contribution in [3.05, 3.63) is 36.5 Å². The van der Waals surface area contributed by atoms with Crippen molar-refractivity contribution in [2.24, 2.45) is 17.8 Å². The van der Waals surface area contributed by atoms with E-state index >= 15 is 0 Å². The molecule has 6 heteroatoms. The summed E-state index contributed by atoms with van der Waals surface area (Å²) in [5.41, 5.74) is -0.829. The molecule has 1 aromatic heterocycles. The number of H-pyrrole nitrogens is 1. The average Bonchev–Trinajstić information content (AvgIpc) is 3.48. The molecule has 1 aromatic carbocycles. The van der Waals surface area contributed by atoms with E-state index in [-0.39, 0.29) is 22.7 Å². The van der Waals surface area contributed by atoms with Crippen LogP contribution in [-0.2, 0) is 6.42 Å². The number of hydrogen-bond acceptors (Lipinski definition) is 4. The van der Waals surface area contributed by atoms with Crippen LogP contribution in [0.1, 0.15) is 108 Å². The van der Waals surface area contributed by atoms with Crippen LogP contribution in [0.2, 0.25) is 0 Å². The van der Waals surface area contributed by atoms with E-state index in [1.165, 1.54) is 64.2 Å². The zero-order chi connectivity index (χ0) is 22.9. The standard InChI is InChI=1S/C27H38N2O4/c30-24-22(25(31)26(24)32)21-20(16-15-17-9-7-8-10-17)28-29(27(21)33)23(18-11-3-1-4-12-18)19-13-5-2-6-14-19/h17-19,23,28,30H,1-16H2. The van der Waals surface area contributed by atoms with Crippen molar-refractivity contribution in [2.45, 2.75) is 109 Å². The molecule has 180 valence electrons. The van der Waals surface area contributed by atoms with Crippen molar-refractivity contribution in [3.63, 3.8) is 0 Å². The van der Waals surface area contributed by atoms with Crippen LogP contribution in [0.25, 0.3) is 11.1 Å². The molecule has 2 N–H and O–H groups in total. The Morgan fingerprint density at radius 1 is 0.758 bits per heavy atom. The van der Waals surface area contributed by atoms with Crippen LogP contribution in [0.3, 0.4) is 0 Å². The van der Waals surface area contributed by atoms with Gasteiger partial charge in [-0.05, 0) is 56.3 Å². The molecule has 0 atom stereocenters. The Kier molecular flexibility index (Phi) is 6.62. The highest BCUT2D eigenvalue weighted by molar-refractivity contribution is 5.74. The van der Waals surface area contributed by atoms with E-state index in [0.29, 0.717) is 24.2 Å². The first-order valence-electron chi connectivity index (χ1n) is 13.4. The average molecular weight is 455 g/mol. The number of aromatic hydroxyl groups is 1. The summed E-state index contributed by atoms with van der Waals surface area (Å²) in [6.45, 7) is 0. The van der Waals surface area contributed by atoms with Gasteiger partial charge in [0.25, 0.3) is 11.0 Å². The lowest BCUT2D eigenvalue weighted by Crippen LogP contribution is -2.37. The number of nitrogens with zero attached hydrogens (tertiary/aromatic N) is 1. The summed E-state index contributed by atoms with van der Waals surface area (Å²) in [6, 6.07) is 0.116. The zero-order valence-electron chi connectivity index (χ0n) is 19.7.